The standard InChI is InChI=1S/C13H26O2/c1-6-9-11(7-2)10-15-12(14)13(4,5)8-3/h11H,6-10H2,1-5H3. The second-order valence-electron chi connectivity index (χ2n) is 4.90. The fourth-order valence-electron chi connectivity index (χ4n) is 1.35. The van der Waals surface area contributed by atoms with Gasteiger partial charge in [-0.05, 0) is 32.6 Å². The number of hydrogen-bond acceptors (Lipinski definition) is 2. The van der Waals surface area contributed by atoms with Gasteiger partial charge in [0.1, 0.15) is 0 Å². The van der Waals surface area contributed by atoms with Crippen molar-refractivity contribution in [3.63, 3.8) is 0 Å². The molecule has 0 aliphatic heterocycles. The van der Waals surface area contributed by atoms with E-state index >= 15 is 0 Å². The van der Waals surface area contributed by atoms with E-state index in [1.807, 2.05) is 20.8 Å². The van der Waals surface area contributed by atoms with Crippen molar-refractivity contribution in [2.45, 2.75) is 60.3 Å². The molecular weight excluding hydrogens is 188 g/mol. The van der Waals surface area contributed by atoms with Gasteiger partial charge in [0.05, 0.1) is 12.0 Å². The quantitative estimate of drug-likeness (QED) is 0.603. The summed E-state index contributed by atoms with van der Waals surface area (Å²) in [5.74, 6) is 0.478. The van der Waals surface area contributed by atoms with Crippen LogP contribution in [0.2, 0.25) is 0 Å². The second kappa shape index (κ2) is 6.86. The molecule has 1 unspecified atom stereocenters. The van der Waals surface area contributed by atoms with Gasteiger partial charge < -0.3 is 4.74 Å². The van der Waals surface area contributed by atoms with Crippen LogP contribution in [0.25, 0.3) is 0 Å². The zero-order chi connectivity index (χ0) is 11.9. The Hall–Kier alpha value is -0.530. The molecule has 1 atom stereocenters. The summed E-state index contributed by atoms with van der Waals surface area (Å²) in [6.07, 6.45) is 4.23. The molecule has 0 aromatic carbocycles. The number of ether oxygens (including phenoxy) is 1. The van der Waals surface area contributed by atoms with E-state index in [-0.39, 0.29) is 11.4 Å². The highest BCUT2D eigenvalue weighted by molar-refractivity contribution is 5.75. The largest absolute Gasteiger partial charge is 0.465 e. The Kier molecular flexibility index (Phi) is 6.62. The summed E-state index contributed by atoms with van der Waals surface area (Å²) in [6, 6.07) is 0. The first kappa shape index (κ1) is 14.5. The van der Waals surface area contributed by atoms with E-state index in [2.05, 4.69) is 13.8 Å². The van der Waals surface area contributed by atoms with Crippen molar-refractivity contribution in [3.8, 4) is 0 Å². The zero-order valence-corrected chi connectivity index (χ0v) is 10.9. The zero-order valence-electron chi connectivity index (χ0n) is 10.9. The number of carbonyl (C=O) groups is 1. The number of rotatable bonds is 7. The van der Waals surface area contributed by atoms with Gasteiger partial charge in [-0.1, -0.05) is 33.6 Å². The lowest BCUT2D eigenvalue weighted by Gasteiger charge is -2.22. The minimum atomic E-state index is -0.329. The molecule has 0 N–H and O–H groups in total. The van der Waals surface area contributed by atoms with Crippen LogP contribution in [0.1, 0.15) is 60.3 Å². The highest BCUT2D eigenvalue weighted by Gasteiger charge is 2.27. The Morgan fingerprint density at radius 1 is 1.27 bits per heavy atom. The summed E-state index contributed by atoms with van der Waals surface area (Å²) in [6.45, 7) is 10.8. The van der Waals surface area contributed by atoms with E-state index in [4.69, 9.17) is 4.74 Å². The van der Waals surface area contributed by atoms with Crippen molar-refractivity contribution >= 4 is 5.97 Å². The normalized spacial score (nSPS) is 13.7. The molecular formula is C13H26O2. The summed E-state index contributed by atoms with van der Waals surface area (Å²) >= 11 is 0. The monoisotopic (exact) mass is 214 g/mol. The maximum Gasteiger partial charge on any atom is 0.311 e. The lowest BCUT2D eigenvalue weighted by Crippen LogP contribution is -2.27. The van der Waals surface area contributed by atoms with Gasteiger partial charge in [-0.25, -0.2) is 0 Å². The molecule has 0 spiro atoms. The molecule has 0 aromatic heterocycles. The predicted molar refractivity (Wildman–Crippen MR) is 63.7 cm³/mol. The second-order valence-corrected chi connectivity index (χ2v) is 4.90. The Morgan fingerprint density at radius 2 is 1.87 bits per heavy atom. The molecule has 15 heavy (non-hydrogen) atoms. The summed E-state index contributed by atoms with van der Waals surface area (Å²) in [5.41, 5.74) is -0.329. The fraction of sp³-hybridized carbons (Fsp3) is 0.923. The molecule has 0 radical (unpaired) electrons. The topological polar surface area (TPSA) is 26.3 Å². The van der Waals surface area contributed by atoms with Gasteiger partial charge in [0.15, 0.2) is 0 Å². The summed E-state index contributed by atoms with van der Waals surface area (Å²) in [5, 5.41) is 0. The van der Waals surface area contributed by atoms with Gasteiger partial charge in [-0.3, -0.25) is 4.79 Å². The molecule has 0 heterocycles. The van der Waals surface area contributed by atoms with E-state index in [0.29, 0.717) is 12.5 Å². The van der Waals surface area contributed by atoms with Crippen molar-refractivity contribution in [2.24, 2.45) is 11.3 Å². The van der Waals surface area contributed by atoms with Crippen LogP contribution in [0.3, 0.4) is 0 Å². The van der Waals surface area contributed by atoms with Gasteiger partial charge in [0, 0.05) is 0 Å². The fourth-order valence-corrected chi connectivity index (χ4v) is 1.35. The van der Waals surface area contributed by atoms with Crippen molar-refractivity contribution in [3.05, 3.63) is 0 Å². The molecule has 0 amide bonds. The summed E-state index contributed by atoms with van der Waals surface area (Å²) in [4.78, 5) is 11.7. The lowest BCUT2D eigenvalue weighted by molar-refractivity contribution is -0.155. The SMILES string of the molecule is CCCC(CC)COC(=O)C(C)(C)CC. The average molecular weight is 214 g/mol. The van der Waals surface area contributed by atoms with E-state index in [1.54, 1.807) is 0 Å². The lowest BCUT2D eigenvalue weighted by atomic mass is 9.90. The molecule has 0 saturated heterocycles. The van der Waals surface area contributed by atoms with Gasteiger partial charge in [0.2, 0.25) is 0 Å². The van der Waals surface area contributed by atoms with Crippen LogP contribution in [0.15, 0.2) is 0 Å². The van der Waals surface area contributed by atoms with Crippen molar-refractivity contribution < 1.29 is 9.53 Å². The molecule has 0 aromatic rings. The van der Waals surface area contributed by atoms with Gasteiger partial charge in [-0.2, -0.15) is 0 Å². The van der Waals surface area contributed by atoms with Crippen LogP contribution in [0.5, 0.6) is 0 Å². The van der Waals surface area contributed by atoms with Crippen molar-refractivity contribution in [2.75, 3.05) is 6.61 Å². The third-order valence-electron chi connectivity index (χ3n) is 3.16. The first-order chi connectivity index (χ1) is 6.97. The molecule has 0 rings (SSSR count). The number of hydrogen-bond donors (Lipinski definition) is 0. The molecule has 0 aliphatic carbocycles. The molecule has 2 heteroatoms. The van der Waals surface area contributed by atoms with Crippen LogP contribution in [-0.4, -0.2) is 12.6 Å². The van der Waals surface area contributed by atoms with E-state index in [9.17, 15) is 4.79 Å². The summed E-state index contributed by atoms with van der Waals surface area (Å²) in [7, 11) is 0. The Bertz CT molecular complexity index is 185. The first-order valence-corrected chi connectivity index (χ1v) is 6.15. The average Bonchev–Trinajstić information content (AvgIpc) is 2.23. The van der Waals surface area contributed by atoms with Gasteiger partial charge >= 0.3 is 5.97 Å². The molecule has 90 valence electrons. The number of carbonyl (C=O) groups excluding carboxylic acids is 1. The van der Waals surface area contributed by atoms with E-state index < -0.39 is 0 Å². The molecule has 0 fully saturated rings. The Morgan fingerprint density at radius 3 is 2.27 bits per heavy atom. The van der Waals surface area contributed by atoms with Crippen LogP contribution < -0.4 is 0 Å². The van der Waals surface area contributed by atoms with Crippen molar-refractivity contribution in [1.82, 2.24) is 0 Å². The highest BCUT2D eigenvalue weighted by Crippen LogP contribution is 2.22. The van der Waals surface area contributed by atoms with E-state index in [1.165, 1.54) is 0 Å². The molecule has 0 aliphatic rings. The third kappa shape index (κ3) is 5.19. The Labute approximate surface area is 94.4 Å². The maximum absolute atomic E-state index is 11.7. The predicted octanol–water partition coefficient (Wildman–Crippen LogP) is 3.79. The van der Waals surface area contributed by atoms with Crippen LogP contribution in [-0.2, 0) is 9.53 Å². The summed E-state index contributed by atoms with van der Waals surface area (Å²) < 4.78 is 5.36. The Balaban J connectivity index is 3.98. The minimum absolute atomic E-state index is 0.0560. The molecule has 2 nitrogen and oxygen atoms in total. The van der Waals surface area contributed by atoms with Crippen LogP contribution >= 0.6 is 0 Å². The van der Waals surface area contributed by atoms with Crippen LogP contribution in [0, 0.1) is 11.3 Å². The minimum Gasteiger partial charge on any atom is -0.465 e. The van der Waals surface area contributed by atoms with Crippen molar-refractivity contribution in [1.29, 1.82) is 0 Å². The van der Waals surface area contributed by atoms with E-state index in [0.717, 1.165) is 25.7 Å². The molecule has 0 saturated carbocycles. The van der Waals surface area contributed by atoms with Gasteiger partial charge in [0.25, 0.3) is 0 Å². The van der Waals surface area contributed by atoms with Gasteiger partial charge in [-0.15, -0.1) is 0 Å². The first-order valence-electron chi connectivity index (χ1n) is 6.15. The van der Waals surface area contributed by atoms with Crippen LogP contribution in [0.4, 0.5) is 0 Å². The molecule has 0 bridgehead atoms. The third-order valence-corrected chi connectivity index (χ3v) is 3.16. The smallest absolute Gasteiger partial charge is 0.311 e. The number of esters is 1. The highest BCUT2D eigenvalue weighted by atomic mass is 16.5. The maximum atomic E-state index is 11.7.